The van der Waals surface area contributed by atoms with Gasteiger partial charge in [-0.2, -0.15) is 26.7 Å². The van der Waals surface area contributed by atoms with Crippen LogP contribution in [0, 0.1) is 6.92 Å². The summed E-state index contributed by atoms with van der Waals surface area (Å²) in [5.41, 5.74) is 6.41. The lowest BCUT2D eigenvalue weighted by Crippen LogP contribution is -1.86. The van der Waals surface area contributed by atoms with E-state index in [0.717, 1.165) is 0 Å². The van der Waals surface area contributed by atoms with E-state index in [1.807, 2.05) is 0 Å². The number of hydrogen-bond acceptors (Lipinski definition) is 0. The molecule has 0 bridgehead atoms. The van der Waals surface area contributed by atoms with E-state index in [9.17, 15) is 13.2 Å². The zero-order valence-electron chi connectivity index (χ0n) is 13.2. The van der Waals surface area contributed by atoms with Crippen LogP contribution < -0.4 is 0 Å². The lowest BCUT2D eigenvalue weighted by molar-refractivity contribution is 0.00819. The summed E-state index contributed by atoms with van der Waals surface area (Å²) in [6.45, 7) is -1.53. The Balaban J connectivity index is 0.000000522. The van der Waals surface area contributed by atoms with Crippen LogP contribution in [0.4, 0.5) is 13.2 Å². The first-order valence-electron chi connectivity index (χ1n) is 7.21. The van der Waals surface area contributed by atoms with Gasteiger partial charge in [-0.05, 0) is 29.2 Å². The smallest absolute Gasteiger partial charge is 0.197 e. The molecule has 0 aliphatic carbocycles. The first kappa shape index (κ1) is 19.8. The Morgan fingerprint density at radius 2 is 1.04 bits per heavy atom. The minimum Gasteiger partial charge on any atom is -0.197 e. The molecular formula is C20H19F3S. The molecule has 0 unspecified atom stereocenters. The fraction of sp³-hybridized carbons (Fsp3) is 0.100. The first-order chi connectivity index (χ1) is 11.1. The van der Waals surface area contributed by atoms with Gasteiger partial charge >= 0.3 is 6.68 Å². The summed E-state index contributed by atoms with van der Waals surface area (Å²) in [4.78, 5) is 0. The third-order valence-electron chi connectivity index (χ3n) is 3.34. The lowest BCUT2D eigenvalue weighted by atomic mass is 9.93. The zero-order valence-corrected chi connectivity index (χ0v) is 14.2. The van der Waals surface area contributed by atoms with Gasteiger partial charge < -0.3 is 0 Å². The lowest BCUT2D eigenvalue weighted by Gasteiger charge is -2.11. The average Bonchev–Trinajstić information content (AvgIpc) is 2.56. The molecule has 0 saturated heterocycles. The molecule has 0 heterocycles. The Kier molecular flexibility index (Phi) is 8.13. The van der Waals surface area contributed by atoms with E-state index in [0.29, 0.717) is 0 Å². The van der Waals surface area contributed by atoms with Gasteiger partial charge in [0.2, 0.25) is 0 Å². The van der Waals surface area contributed by atoms with Gasteiger partial charge in [0.05, 0.1) is 0 Å². The molecule has 0 aromatic heterocycles. The number of halogens is 3. The molecule has 0 fully saturated rings. The topological polar surface area (TPSA) is 0 Å². The van der Waals surface area contributed by atoms with Crippen LogP contribution in [0.15, 0.2) is 78.9 Å². The molecule has 3 aromatic rings. The van der Waals surface area contributed by atoms with Gasteiger partial charge in [0.15, 0.2) is 0 Å². The minimum absolute atomic E-state index is 0. The molecule has 0 aliphatic rings. The molecule has 0 radical (unpaired) electrons. The molecule has 0 N–H and O–H groups in total. The van der Waals surface area contributed by atoms with Gasteiger partial charge in [-0.1, -0.05) is 84.4 Å². The van der Waals surface area contributed by atoms with Gasteiger partial charge in [-0.3, -0.25) is 0 Å². The molecule has 126 valence electrons. The fourth-order valence-corrected chi connectivity index (χ4v) is 2.38. The maximum absolute atomic E-state index is 9.67. The summed E-state index contributed by atoms with van der Waals surface area (Å²) in [7, 11) is 0. The van der Waals surface area contributed by atoms with Crippen molar-refractivity contribution in [2.24, 2.45) is 0 Å². The molecule has 0 aliphatic heterocycles. The van der Waals surface area contributed by atoms with Crippen LogP contribution in [0.2, 0.25) is 0 Å². The van der Waals surface area contributed by atoms with Crippen molar-refractivity contribution in [2.45, 2.75) is 13.6 Å². The fourth-order valence-electron chi connectivity index (χ4n) is 2.38. The van der Waals surface area contributed by atoms with Crippen molar-refractivity contribution in [1.29, 1.82) is 0 Å². The van der Waals surface area contributed by atoms with Crippen LogP contribution >= 0.6 is 13.5 Å². The van der Waals surface area contributed by atoms with E-state index < -0.39 is 6.68 Å². The van der Waals surface area contributed by atoms with Gasteiger partial charge in [0.1, 0.15) is 0 Å². The molecule has 0 amide bonds. The van der Waals surface area contributed by atoms with Crippen LogP contribution in [0.3, 0.4) is 0 Å². The van der Waals surface area contributed by atoms with E-state index in [4.69, 9.17) is 0 Å². The molecule has 4 heteroatoms. The summed E-state index contributed by atoms with van der Waals surface area (Å²) in [6.07, 6.45) is 0. The van der Waals surface area contributed by atoms with Crippen molar-refractivity contribution in [3.8, 4) is 22.3 Å². The summed E-state index contributed by atoms with van der Waals surface area (Å²) in [6, 6.07) is 27.8. The molecule has 3 rings (SSSR count). The summed E-state index contributed by atoms with van der Waals surface area (Å²) in [5, 5.41) is 0. The average molecular weight is 348 g/mol. The van der Waals surface area contributed by atoms with E-state index in [1.165, 1.54) is 27.8 Å². The Hall–Kier alpha value is -2.20. The van der Waals surface area contributed by atoms with Crippen molar-refractivity contribution in [1.82, 2.24) is 0 Å². The van der Waals surface area contributed by atoms with E-state index >= 15 is 0 Å². The van der Waals surface area contributed by atoms with Gasteiger partial charge in [0, 0.05) is 0 Å². The Morgan fingerprint density at radius 3 is 1.50 bits per heavy atom. The van der Waals surface area contributed by atoms with Crippen LogP contribution in [0.25, 0.3) is 22.3 Å². The zero-order chi connectivity index (χ0) is 16.7. The quantitative estimate of drug-likeness (QED) is 0.488. The van der Waals surface area contributed by atoms with Crippen molar-refractivity contribution >= 4 is 13.5 Å². The normalized spacial score (nSPS) is 9.71. The standard InChI is InChI=1S/C19H16.CHF3.H2S/c1-15-12-13-18(16-8-4-2-5-9-16)19(14-15)17-10-6-3-7-11-17;2-1(3)4;/h2-14H,1H3;1H;1H2. The summed E-state index contributed by atoms with van der Waals surface area (Å²) < 4.78 is 29.0. The monoisotopic (exact) mass is 348 g/mol. The van der Waals surface area contributed by atoms with Crippen LogP contribution in [-0.2, 0) is 0 Å². The van der Waals surface area contributed by atoms with Crippen LogP contribution in [0.1, 0.15) is 5.56 Å². The Labute approximate surface area is 147 Å². The summed E-state index contributed by atoms with van der Waals surface area (Å²) >= 11 is 0. The highest BCUT2D eigenvalue weighted by molar-refractivity contribution is 7.59. The second kappa shape index (κ2) is 9.83. The number of rotatable bonds is 2. The van der Waals surface area contributed by atoms with Gasteiger partial charge in [-0.15, -0.1) is 0 Å². The maximum atomic E-state index is 9.67. The van der Waals surface area contributed by atoms with Crippen molar-refractivity contribution in [3.05, 3.63) is 84.4 Å². The molecule has 0 spiro atoms. The van der Waals surface area contributed by atoms with Crippen LogP contribution in [0.5, 0.6) is 0 Å². The van der Waals surface area contributed by atoms with Gasteiger partial charge in [0.25, 0.3) is 0 Å². The number of benzene rings is 3. The van der Waals surface area contributed by atoms with E-state index in [-0.39, 0.29) is 13.5 Å². The number of aryl methyl sites for hydroxylation is 1. The number of alkyl halides is 3. The van der Waals surface area contributed by atoms with Gasteiger partial charge in [-0.25, -0.2) is 0 Å². The third-order valence-corrected chi connectivity index (χ3v) is 3.34. The molecular weight excluding hydrogens is 329 g/mol. The molecule has 0 atom stereocenters. The highest BCUT2D eigenvalue weighted by atomic mass is 32.1. The van der Waals surface area contributed by atoms with E-state index in [1.54, 1.807) is 0 Å². The highest BCUT2D eigenvalue weighted by Gasteiger charge is 2.06. The molecule has 0 nitrogen and oxygen atoms in total. The Morgan fingerprint density at radius 1 is 0.625 bits per heavy atom. The SMILES string of the molecule is Cc1ccc(-c2ccccc2)c(-c2ccccc2)c1.FC(F)F.S. The molecule has 24 heavy (non-hydrogen) atoms. The second-order valence-corrected chi connectivity index (χ2v) is 5.03. The predicted molar refractivity (Wildman–Crippen MR) is 99.5 cm³/mol. The van der Waals surface area contributed by atoms with Crippen LogP contribution in [-0.4, -0.2) is 6.68 Å². The van der Waals surface area contributed by atoms with Crippen molar-refractivity contribution in [2.75, 3.05) is 0 Å². The Bertz CT molecular complexity index is 726. The van der Waals surface area contributed by atoms with Crippen molar-refractivity contribution < 1.29 is 13.2 Å². The summed E-state index contributed by atoms with van der Waals surface area (Å²) in [5.74, 6) is 0. The third kappa shape index (κ3) is 5.78. The maximum Gasteiger partial charge on any atom is 0.379 e. The molecule has 0 saturated carbocycles. The first-order valence-corrected chi connectivity index (χ1v) is 7.21. The van der Waals surface area contributed by atoms with Crippen molar-refractivity contribution in [3.63, 3.8) is 0 Å². The predicted octanol–water partition coefficient (Wildman–Crippen LogP) is 6.62. The van der Waals surface area contributed by atoms with E-state index in [2.05, 4.69) is 85.8 Å². The largest absolute Gasteiger partial charge is 0.379 e. The molecule has 3 aromatic carbocycles. The highest BCUT2D eigenvalue weighted by Crippen LogP contribution is 2.32. The second-order valence-electron chi connectivity index (χ2n) is 5.03. The minimum atomic E-state index is -3.67. The number of hydrogen-bond donors (Lipinski definition) is 0.